The number of anilines is 1. The van der Waals surface area contributed by atoms with Crippen molar-refractivity contribution in [3.63, 3.8) is 0 Å². The van der Waals surface area contributed by atoms with Gasteiger partial charge in [0.25, 0.3) is 5.91 Å². The van der Waals surface area contributed by atoms with Crippen LogP contribution in [0.1, 0.15) is 86.7 Å². The molecule has 2 aromatic carbocycles. The molecular weight excluding hydrogens is 572 g/mol. The minimum absolute atomic E-state index is 0.0720. The summed E-state index contributed by atoms with van der Waals surface area (Å²) in [4.78, 5) is 28.0. The Morgan fingerprint density at radius 3 is 2.64 bits per heavy atom. The molecule has 7 nitrogen and oxygen atoms in total. The van der Waals surface area contributed by atoms with Gasteiger partial charge in [-0.05, 0) is 98.2 Å². The molecule has 7 atom stereocenters. The molecule has 2 aromatic rings. The van der Waals surface area contributed by atoms with Crippen LogP contribution in [-0.4, -0.2) is 46.1 Å². The van der Waals surface area contributed by atoms with Crippen LogP contribution in [0.4, 0.5) is 5.69 Å². The first-order chi connectivity index (χ1) is 20.2. The average molecular weight is 615 g/mol. The first kappa shape index (κ1) is 30.9. The number of benzene rings is 2. The number of hydrogen-bond acceptors (Lipinski definition) is 5. The van der Waals surface area contributed by atoms with E-state index < -0.39 is 17.0 Å². The number of carbonyl (C=O) groups excluding carboxylic acids is 1. The molecule has 0 spiro atoms. The normalized spacial score (nSPS) is 30.2. The maximum atomic E-state index is 13.3. The molecular formula is C33H43ClN2O5S. The third-order valence-electron chi connectivity index (χ3n) is 9.78. The fraction of sp³-hybridized carbons (Fsp3) is 0.576. The quantitative estimate of drug-likeness (QED) is 0.403. The monoisotopic (exact) mass is 614 g/mol. The third-order valence-corrected chi connectivity index (χ3v) is 11.5. The fourth-order valence-electron chi connectivity index (χ4n) is 6.96. The van der Waals surface area contributed by atoms with Crippen LogP contribution in [0, 0.1) is 23.7 Å². The highest BCUT2D eigenvalue weighted by atomic mass is 35.5. The first-order valence-electron chi connectivity index (χ1n) is 15.4. The maximum Gasteiger partial charge on any atom is 0.306 e. The summed E-state index contributed by atoms with van der Waals surface area (Å²) < 4.78 is 22.2. The number of halogens is 1. The molecule has 5 rings (SSSR count). The van der Waals surface area contributed by atoms with Crippen LogP contribution in [0.15, 0.2) is 36.4 Å². The Hall–Kier alpha value is -2.58. The summed E-state index contributed by atoms with van der Waals surface area (Å²) in [7, 11) is -1.56. The van der Waals surface area contributed by atoms with Crippen LogP contribution in [0.3, 0.4) is 0 Å². The molecule has 1 amide bonds. The summed E-state index contributed by atoms with van der Waals surface area (Å²) in [6, 6.07) is 11.5. The van der Waals surface area contributed by atoms with Crippen LogP contribution in [0.2, 0.25) is 5.02 Å². The third kappa shape index (κ3) is 6.65. The minimum atomic E-state index is -1.56. The molecule has 228 valence electrons. The van der Waals surface area contributed by atoms with Gasteiger partial charge in [-0.3, -0.25) is 14.3 Å². The molecule has 1 saturated carbocycles. The second-order valence-electron chi connectivity index (χ2n) is 12.5. The number of carboxylic acid groups (broad SMARTS) is 1. The van der Waals surface area contributed by atoms with Crippen LogP contribution in [-0.2, 0) is 22.2 Å². The summed E-state index contributed by atoms with van der Waals surface area (Å²) >= 11 is 6.38. The number of carbonyl (C=O) groups is 2. The van der Waals surface area contributed by atoms with E-state index in [-0.39, 0.29) is 40.7 Å². The van der Waals surface area contributed by atoms with Crippen molar-refractivity contribution < 1.29 is 23.6 Å². The van der Waals surface area contributed by atoms with Gasteiger partial charge in [0.1, 0.15) is 16.7 Å². The Labute approximate surface area is 256 Å². The van der Waals surface area contributed by atoms with E-state index in [9.17, 15) is 18.9 Å². The predicted octanol–water partition coefficient (Wildman–Crippen LogP) is 6.60. The number of aryl methyl sites for hydroxylation is 1. The van der Waals surface area contributed by atoms with Crippen molar-refractivity contribution in [3.8, 4) is 5.75 Å². The lowest BCUT2D eigenvalue weighted by molar-refractivity contribution is -0.146. The summed E-state index contributed by atoms with van der Waals surface area (Å²) in [6.45, 7) is 7.93. The molecule has 2 bridgehead atoms. The van der Waals surface area contributed by atoms with Gasteiger partial charge in [0.15, 0.2) is 0 Å². The van der Waals surface area contributed by atoms with Crippen LogP contribution in [0.25, 0.3) is 0 Å². The Balaban J connectivity index is 1.53. The zero-order valence-electron chi connectivity index (χ0n) is 24.8. The molecule has 0 saturated heterocycles. The highest BCUT2D eigenvalue weighted by Crippen LogP contribution is 2.45. The number of aliphatic carboxylic acids is 1. The summed E-state index contributed by atoms with van der Waals surface area (Å²) in [5.74, 6) is -0.248. The Morgan fingerprint density at radius 2 is 1.93 bits per heavy atom. The number of ether oxygens (including phenoxy) is 1. The molecule has 2 heterocycles. The van der Waals surface area contributed by atoms with Crippen molar-refractivity contribution in [2.45, 2.75) is 76.9 Å². The van der Waals surface area contributed by atoms with Crippen LogP contribution < -0.4 is 14.4 Å². The van der Waals surface area contributed by atoms with Gasteiger partial charge in [-0.25, -0.2) is 4.21 Å². The molecule has 0 aromatic heterocycles. The van der Waals surface area contributed by atoms with E-state index in [2.05, 4.69) is 28.7 Å². The molecule has 0 radical (unpaired) electrons. The van der Waals surface area contributed by atoms with E-state index in [0.717, 1.165) is 49.2 Å². The number of fused-ring (bicyclic) bond motifs is 2. The Bertz CT molecular complexity index is 1340. The lowest BCUT2D eigenvalue weighted by Crippen LogP contribution is -2.44. The van der Waals surface area contributed by atoms with Crippen molar-refractivity contribution in [3.05, 3.63) is 58.1 Å². The lowest BCUT2D eigenvalue weighted by atomic mass is 9.65. The lowest BCUT2D eigenvalue weighted by Gasteiger charge is -2.44. The summed E-state index contributed by atoms with van der Waals surface area (Å²) in [6.07, 6.45) is 5.97. The summed E-state index contributed by atoms with van der Waals surface area (Å²) in [5.41, 5.74) is 3.70. The largest absolute Gasteiger partial charge is 0.491 e. The zero-order valence-corrected chi connectivity index (χ0v) is 26.4. The molecule has 3 aliphatic rings. The highest BCUT2D eigenvalue weighted by molar-refractivity contribution is 7.84. The van der Waals surface area contributed by atoms with Crippen molar-refractivity contribution in [2.75, 3.05) is 24.6 Å². The number of carboxylic acids is 1. The highest BCUT2D eigenvalue weighted by Gasteiger charge is 2.42. The topological polar surface area (TPSA) is 95.9 Å². The number of nitrogens with zero attached hydrogens (tertiary/aromatic N) is 1. The van der Waals surface area contributed by atoms with Gasteiger partial charge in [-0.2, -0.15) is 0 Å². The second-order valence-corrected chi connectivity index (χ2v) is 14.5. The predicted molar refractivity (Wildman–Crippen MR) is 168 cm³/mol. The number of amides is 1. The molecule has 1 aliphatic carbocycles. The molecule has 7 unspecified atom stereocenters. The van der Waals surface area contributed by atoms with Crippen LogP contribution >= 0.6 is 11.6 Å². The van der Waals surface area contributed by atoms with E-state index in [1.807, 2.05) is 32.0 Å². The van der Waals surface area contributed by atoms with E-state index in [0.29, 0.717) is 37.4 Å². The number of rotatable bonds is 4. The SMILES string of the molecule is CCCc1cc(Cl)ccc1C1COc2ccc3cc2N(C1)CC1CCC1C(C(=O)O)CCCC(C)C(C)S(=O)NC3=O. The Morgan fingerprint density at radius 1 is 1.12 bits per heavy atom. The van der Waals surface area contributed by atoms with Crippen LogP contribution in [0.5, 0.6) is 5.75 Å². The molecule has 42 heavy (non-hydrogen) atoms. The summed E-state index contributed by atoms with van der Waals surface area (Å²) in [5, 5.41) is 10.7. The van der Waals surface area contributed by atoms with Gasteiger partial charge >= 0.3 is 5.97 Å². The second kappa shape index (κ2) is 13.4. The van der Waals surface area contributed by atoms with Crippen molar-refractivity contribution in [1.82, 2.24) is 4.72 Å². The minimum Gasteiger partial charge on any atom is -0.491 e. The maximum absolute atomic E-state index is 13.3. The molecule has 2 aliphatic heterocycles. The first-order valence-corrected chi connectivity index (χ1v) is 17.0. The molecule has 2 N–H and O–H groups in total. The van der Waals surface area contributed by atoms with Gasteiger partial charge in [-0.1, -0.05) is 44.4 Å². The molecule has 9 heteroatoms. The standard InChI is InChI=1S/C33H43ClN2O5S/c1-4-6-22-15-26(34)11-13-27(22)25-18-36-17-24-9-12-28(24)29(33(38)39)8-5-7-20(2)21(3)42(40)35-32(37)23-10-14-31(41-19-25)30(36)16-23/h10-11,13-16,20-21,24-25,28-29H,4-9,12,17-19H2,1-3H3,(H,35,37)(H,38,39). The van der Waals surface area contributed by atoms with Crippen molar-refractivity contribution >= 4 is 40.2 Å². The smallest absolute Gasteiger partial charge is 0.306 e. The number of hydrogen-bond donors (Lipinski definition) is 2. The van der Waals surface area contributed by atoms with Crippen molar-refractivity contribution in [1.29, 1.82) is 0 Å². The van der Waals surface area contributed by atoms with Gasteiger partial charge in [-0.15, -0.1) is 0 Å². The van der Waals surface area contributed by atoms with Gasteiger partial charge in [0, 0.05) is 29.6 Å². The molecule has 1 fully saturated rings. The van der Waals surface area contributed by atoms with E-state index >= 15 is 0 Å². The van der Waals surface area contributed by atoms with Crippen molar-refractivity contribution in [2.24, 2.45) is 23.7 Å². The Kier molecular flexibility index (Phi) is 9.83. The zero-order chi connectivity index (χ0) is 30.0. The van der Waals surface area contributed by atoms with E-state index in [4.69, 9.17) is 16.3 Å². The average Bonchev–Trinajstić information content (AvgIpc) is 3.12. The van der Waals surface area contributed by atoms with Gasteiger partial charge in [0.05, 0.1) is 23.5 Å². The fourth-order valence-corrected chi connectivity index (χ4v) is 8.20. The number of nitrogens with one attached hydrogen (secondary N) is 1. The van der Waals surface area contributed by atoms with E-state index in [1.165, 1.54) is 11.1 Å². The van der Waals surface area contributed by atoms with Gasteiger partial charge in [0.2, 0.25) is 0 Å². The van der Waals surface area contributed by atoms with E-state index in [1.54, 1.807) is 6.07 Å². The van der Waals surface area contributed by atoms with Gasteiger partial charge < -0.3 is 14.7 Å².